The van der Waals surface area contributed by atoms with E-state index < -0.39 is 0 Å². The van der Waals surface area contributed by atoms with Gasteiger partial charge in [-0.05, 0) is 45.1 Å². The van der Waals surface area contributed by atoms with Gasteiger partial charge in [-0.15, -0.1) is 0 Å². The third-order valence-electron chi connectivity index (χ3n) is 2.47. The van der Waals surface area contributed by atoms with Crippen LogP contribution in [0.5, 0.6) is 0 Å². The zero-order chi connectivity index (χ0) is 10.3. The molecule has 0 aliphatic carbocycles. The average Bonchev–Trinajstić information content (AvgIpc) is 2.46. The fraction of sp³-hybridized carbons (Fsp3) is 0.333. The maximum atomic E-state index is 3.53. The van der Waals surface area contributed by atoms with E-state index in [0.29, 0.717) is 0 Å². The topological polar surface area (TPSA) is 4.41 Å². The minimum absolute atomic E-state index is 0.206. The molecule has 2 aromatic rings. The molecule has 74 valence electrons. The first-order valence-corrected chi connectivity index (χ1v) is 5.55. The van der Waals surface area contributed by atoms with E-state index in [0.717, 1.165) is 4.60 Å². The third-order valence-corrected chi connectivity index (χ3v) is 3.11. The summed E-state index contributed by atoms with van der Waals surface area (Å²) in [6, 6.07) is 8.53. The van der Waals surface area contributed by atoms with Crippen molar-refractivity contribution in [2.45, 2.75) is 26.2 Å². The number of pyridine rings is 1. The molecule has 2 heteroatoms. The zero-order valence-electron chi connectivity index (χ0n) is 8.71. The minimum atomic E-state index is 0.206. The Morgan fingerprint density at radius 3 is 2.36 bits per heavy atom. The lowest BCUT2D eigenvalue weighted by Gasteiger charge is -2.19. The SMILES string of the molecule is CC(C)(C)c1ccc2ccc(Br)n2c1. The molecule has 0 aromatic carbocycles. The van der Waals surface area contributed by atoms with Gasteiger partial charge in [0.15, 0.2) is 0 Å². The van der Waals surface area contributed by atoms with Gasteiger partial charge in [0, 0.05) is 11.7 Å². The van der Waals surface area contributed by atoms with Crippen LogP contribution in [0.15, 0.2) is 35.1 Å². The summed E-state index contributed by atoms with van der Waals surface area (Å²) < 4.78 is 3.28. The summed E-state index contributed by atoms with van der Waals surface area (Å²) in [6.07, 6.45) is 2.19. The molecule has 0 saturated carbocycles. The highest BCUT2D eigenvalue weighted by Crippen LogP contribution is 2.24. The highest BCUT2D eigenvalue weighted by molar-refractivity contribution is 9.10. The second-order valence-corrected chi connectivity index (χ2v) is 5.43. The van der Waals surface area contributed by atoms with Crippen molar-refractivity contribution in [2.75, 3.05) is 0 Å². The fourth-order valence-electron chi connectivity index (χ4n) is 1.51. The van der Waals surface area contributed by atoms with Crippen LogP contribution in [0.4, 0.5) is 0 Å². The van der Waals surface area contributed by atoms with Gasteiger partial charge in [0.25, 0.3) is 0 Å². The Bertz CT molecular complexity index is 463. The summed E-state index contributed by atoms with van der Waals surface area (Å²) in [6.45, 7) is 6.68. The van der Waals surface area contributed by atoms with Crippen LogP contribution in [0.1, 0.15) is 26.3 Å². The molecule has 2 heterocycles. The van der Waals surface area contributed by atoms with Crippen LogP contribution in [-0.2, 0) is 5.41 Å². The molecular weight excluding hydrogens is 238 g/mol. The smallest absolute Gasteiger partial charge is 0.0892 e. The largest absolute Gasteiger partial charge is 0.311 e. The van der Waals surface area contributed by atoms with E-state index in [1.165, 1.54) is 11.1 Å². The predicted octanol–water partition coefficient (Wildman–Crippen LogP) is 4.00. The van der Waals surface area contributed by atoms with Crippen molar-refractivity contribution < 1.29 is 0 Å². The molecule has 2 rings (SSSR count). The fourth-order valence-corrected chi connectivity index (χ4v) is 1.95. The number of halogens is 1. The second kappa shape index (κ2) is 3.13. The van der Waals surface area contributed by atoms with Crippen molar-refractivity contribution in [1.82, 2.24) is 4.40 Å². The standard InChI is InChI=1S/C12H14BrN/c1-12(2,3)9-4-5-10-6-7-11(13)14(10)8-9/h4-8H,1-3H3. The maximum absolute atomic E-state index is 3.53. The van der Waals surface area contributed by atoms with Gasteiger partial charge in [0.1, 0.15) is 0 Å². The van der Waals surface area contributed by atoms with E-state index in [9.17, 15) is 0 Å². The van der Waals surface area contributed by atoms with Gasteiger partial charge >= 0.3 is 0 Å². The second-order valence-electron chi connectivity index (χ2n) is 4.62. The van der Waals surface area contributed by atoms with Crippen molar-refractivity contribution in [3.05, 3.63) is 40.6 Å². The van der Waals surface area contributed by atoms with Crippen molar-refractivity contribution >= 4 is 21.4 Å². The van der Waals surface area contributed by atoms with E-state index in [-0.39, 0.29) is 5.41 Å². The number of aromatic nitrogens is 1. The number of rotatable bonds is 0. The average molecular weight is 252 g/mol. The Morgan fingerprint density at radius 2 is 1.71 bits per heavy atom. The van der Waals surface area contributed by atoms with Gasteiger partial charge in [0.05, 0.1) is 4.60 Å². The molecular formula is C12H14BrN. The first-order chi connectivity index (χ1) is 6.48. The molecule has 0 aliphatic heterocycles. The van der Waals surface area contributed by atoms with Crippen LogP contribution in [0.25, 0.3) is 5.52 Å². The van der Waals surface area contributed by atoms with Crippen LogP contribution in [0.3, 0.4) is 0 Å². The Labute approximate surface area is 92.9 Å². The molecule has 0 bridgehead atoms. The lowest BCUT2D eigenvalue weighted by atomic mass is 9.88. The lowest BCUT2D eigenvalue weighted by molar-refractivity contribution is 0.586. The van der Waals surface area contributed by atoms with Gasteiger partial charge in [-0.2, -0.15) is 0 Å². The predicted molar refractivity (Wildman–Crippen MR) is 63.8 cm³/mol. The van der Waals surface area contributed by atoms with Gasteiger partial charge in [0.2, 0.25) is 0 Å². The van der Waals surface area contributed by atoms with E-state index in [2.05, 4.69) is 71.6 Å². The summed E-state index contributed by atoms with van der Waals surface area (Å²) in [4.78, 5) is 0. The number of hydrogen-bond donors (Lipinski definition) is 0. The Kier molecular flexibility index (Phi) is 2.18. The Morgan fingerprint density at radius 1 is 1.07 bits per heavy atom. The van der Waals surface area contributed by atoms with Crippen molar-refractivity contribution in [3.8, 4) is 0 Å². The van der Waals surface area contributed by atoms with Crippen LogP contribution in [0.2, 0.25) is 0 Å². The zero-order valence-corrected chi connectivity index (χ0v) is 10.3. The quantitative estimate of drug-likeness (QED) is 0.667. The number of fused-ring (bicyclic) bond motifs is 1. The molecule has 0 unspecified atom stereocenters. The summed E-state index contributed by atoms with van der Waals surface area (Å²) in [5, 5.41) is 0. The maximum Gasteiger partial charge on any atom is 0.0892 e. The monoisotopic (exact) mass is 251 g/mol. The van der Waals surface area contributed by atoms with Gasteiger partial charge in [-0.25, -0.2) is 0 Å². The molecule has 0 spiro atoms. The Hall–Kier alpha value is -0.760. The van der Waals surface area contributed by atoms with E-state index in [1.807, 2.05) is 0 Å². The Balaban J connectivity index is 2.66. The summed E-state index contributed by atoms with van der Waals surface area (Å²) >= 11 is 3.53. The van der Waals surface area contributed by atoms with Gasteiger partial charge in [-0.1, -0.05) is 26.8 Å². The van der Waals surface area contributed by atoms with Crippen LogP contribution in [-0.4, -0.2) is 4.40 Å². The van der Waals surface area contributed by atoms with Crippen molar-refractivity contribution in [3.63, 3.8) is 0 Å². The van der Waals surface area contributed by atoms with E-state index in [4.69, 9.17) is 0 Å². The molecule has 0 N–H and O–H groups in total. The summed E-state index contributed by atoms with van der Waals surface area (Å²) in [7, 11) is 0. The first kappa shape index (κ1) is 9.78. The molecule has 0 amide bonds. The molecule has 0 saturated heterocycles. The number of nitrogens with zero attached hydrogens (tertiary/aromatic N) is 1. The lowest BCUT2D eigenvalue weighted by Crippen LogP contribution is -2.11. The molecule has 0 fully saturated rings. The summed E-state index contributed by atoms with van der Waals surface area (Å²) in [5.74, 6) is 0. The molecule has 1 nitrogen and oxygen atoms in total. The van der Waals surface area contributed by atoms with E-state index >= 15 is 0 Å². The number of hydrogen-bond acceptors (Lipinski definition) is 0. The van der Waals surface area contributed by atoms with Crippen molar-refractivity contribution in [2.24, 2.45) is 0 Å². The normalized spacial score (nSPS) is 12.3. The minimum Gasteiger partial charge on any atom is -0.311 e. The molecule has 0 aliphatic rings. The third kappa shape index (κ3) is 1.59. The van der Waals surface area contributed by atoms with Crippen LogP contribution < -0.4 is 0 Å². The highest BCUT2D eigenvalue weighted by atomic mass is 79.9. The summed E-state index contributed by atoms with van der Waals surface area (Å²) in [5.41, 5.74) is 2.78. The molecule has 14 heavy (non-hydrogen) atoms. The van der Waals surface area contributed by atoms with Crippen LogP contribution >= 0.6 is 15.9 Å². The first-order valence-electron chi connectivity index (χ1n) is 4.75. The molecule has 2 aromatic heterocycles. The van der Waals surface area contributed by atoms with Crippen LogP contribution in [0, 0.1) is 0 Å². The highest BCUT2D eigenvalue weighted by Gasteiger charge is 2.14. The molecule has 0 atom stereocenters. The van der Waals surface area contributed by atoms with Gasteiger partial charge < -0.3 is 4.40 Å². The van der Waals surface area contributed by atoms with Gasteiger partial charge in [-0.3, -0.25) is 0 Å². The molecule has 0 radical (unpaired) electrons. The van der Waals surface area contributed by atoms with Crippen molar-refractivity contribution in [1.29, 1.82) is 0 Å². The van der Waals surface area contributed by atoms with E-state index in [1.54, 1.807) is 0 Å².